The molecule has 3 aromatic rings. The summed E-state index contributed by atoms with van der Waals surface area (Å²) in [5.74, 6) is 0.908. The van der Waals surface area contributed by atoms with Crippen LogP contribution >= 0.6 is 0 Å². The maximum atomic E-state index is 13.5. The number of pyridine rings is 1. The fourth-order valence-corrected chi connectivity index (χ4v) is 5.50. The van der Waals surface area contributed by atoms with Crippen LogP contribution in [-0.2, 0) is 11.2 Å². The van der Waals surface area contributed by atoms with Crippen molar-refractivity contribution in [1.29, 1.82) is 0 Å². The van der Waals surface area contributed by atoms with Gasteiger partial charge in [-0.05, 0) is 74.3 Å². The van der Waals surface area contributed by atoms with E-state index in [9.17, 15) is 9.18 Å². The zero-order valence-electron chi connectivity index (χ0n) is 19.2. The van der Waals surface area contributed by atoms with Gasteiger partial charge in [-0.15, -0.1) is 0 Å². The van der Waals surface area contributed by atoms with E-state index < -0.39 is 0 Å². The third-order valence-corrected chi connectivity index (χ3v) is 7.06. The van der Waals surface area contributed by atoms with E-state index in [1.165, 1.54) is 17.8 Å². The number of nitrogens with zero attached hydrogens (tertiary/aromatic N) is 2. The number of ether oxygens (including phenoxy) is 1. The summed E-state index contributed by atoms with van der Waals surface area (Å²) in [6.07, 6.45) is 11.4. The van der Waals surface area contributed by atoms with Gasteiger partial charge in [-0.1, -0.05) is 24.3 Å². The van der Waals surface area contributed by atoms with Crippen molar-refractivity contribution in [3.63, 3.8) is 0 Å². The zero-order valence-corrected chi connectivity index (χ0v) is 19.2. The quantitative estimate of drug-likeness (QED) is 0.527. The Bertz CT molecular complexity index is 1170. The van der Waals surface area contributed by atoms with Gasteiger partial charge in [0.25, 0.3) is 0 Å². The van der Waals surface area contributed by atoms with Crippen LogP contribution in [-0.4, -0.2) is 33.7 Å². The second-order valence-electron chi connectivity index (χ2n) is 9.13. The Morgan fingerprint density at radius 1 is 1.24 bits per heavy atom. The van der Waals surface area contributed by atoms with Gasteiger partial charge in [-0.2, -0.15) is 0 Å². The first-order chi connectivity index (χ1) is 16.6. The van der Waals surface area contributed by atoms with Crippen molar-refractivity contribution in [2.24, 2.45) is 11.8 Å². The van der Waals surface area contributed by atoms with E-state index in [2.05, 4.69) is 32.4 Å². The molecule has 2 N–H and O–H groups in total. The second kappa shape index (κ2) is 9.79. The number of allylic oxidation sites excluding steroid dienone is 1. The molecule has 5 rings (SSSR count). The van der Waals surface area contributed by atoms with Gasteiger partial charge in [-0.3, -0.25) is 4.98 Å². The monoisotopic (exact) mass is 460 g/mol. The highest BCUT2D eigenvalue weighted by Crippen LogP contribution is 2.46. The lowest BCUT2D eigenvalue weighted by Crippen LogP contribution is -2.44. The van der Waals surface area contributed by atoms with E-state index in [1.54, 1.807) is 18.6 Å². The van der Waals surface area contributed by atoms with Crippen LogP contribution in [0.4, 0.5) is 9.18 Å². The standard InChI is InChI=1S/C27H29FN4O2/c1-2-34-27(33)32-22-9-10-23-19(13-22)14-25-26(31-16-30-25)24(23)11-8-21-7-6-18(15-29-21)17-4-3-5-20(28)12-17/h3-8,11-12,15-16,19,22-24H,2,9-10,13-14H2,1H3,(H,30,31)(H,32,33)/b11-8+/t19-,22+,23+,24-/m0/s1. The third-order valence-electron chi connectivity index (χ3n) is 7.06. The molecule has 1 amide bonds. The molecule has 0 saturated heterocycles. The molecule has 2 aliphatic carbocycles. The summed E-state index contributed by atoms with van der Waals surface area (Å²) < 4.78 is 18.6. The molecule has 2 heterocycles. The first kappa shape index (κ1) is 22.3. The number of carbonyl (C=O) groups excluding carboxylic acids is 1. The minimum atomic E-state index is -0.327. The topological polar surface area (TPSA) is 79.9 Å². The SMILES string of the molecule is CCOC(=O)N[C@@H]1CC[C@@H]2[C@H](Cc3nc[nH]c3[C@H]2/C=C/c2ccc(-c3cccc(F)c3)cn2)C1. The number of aromatic amines is 1. The summed E-state index contributed by atoms with van der Waals surface area (Å²) in [5, 5.41) is 3.02. The van der Waals surface area contributed by atoms with E-state index >= 15 is 0 Å². The van der Waals surface area contributed by atoms with Gasteiger partial charge in [0.15, 0.2) is 0 Å². The summed E-state index contributed by atoms with van der Waals surface area (Å²) in [5.41, 5.74) is 4.86. The highest BCUT2D eigenvalue weighted by atomic mass is 19.1. The van der Waals surface area contributed by atoms with Crippen LogP contribution in [0.25, 0.3) is 17.2 Å². The number of fused-ring (bicyclic) bond motifs is 2. The molecular formula is C27H29FN4O2. The molecule has 0 unspecified atom stereocenters. The molecule has 34 heavy (non-hydrogen) atoms. The average molecular weight is 461 g/mol. The van der Waals surface area contributed by atoms with Crippen molar-refractivity contribution < 1.29 is 13.9 Å². The molecular weight excluding hydrogens is 431 g/mol. The van der Waals surface area contributed by atoms with Crippen LogP contribution in [0.5, 0.6) is 0 Å². The number of hydrogen-bond acceptors (Lipinski definition) is 4. The van der Waals surface area contributed by atoms with Crippen LogP contribution in [0.3, 0.4) is 0 Å². The predicted octanol–water partition coefficient (Wildman–Crippen LogP) is 5.49. The Morgan fingerprint density at radius 2 is 2.15 bits per heavy atom. The average Bonchev–Trinajstić information content (AvgIpc) is 3.30. The lowest BCUT2D eigenvalue weighted by atomic mass is 9.64. The molecule has 2 aromatic heterocycles. The largest absolute Gasteiger partial charge is 0.450 e. The Hall–Kier alpha value is -3.48. The van der Waals surface area contributed by atoms with Crippen LogP contribution in [0.15, 0.2) is 55.0 Å². The first-order valence-electron chi connectivity index (χ1n) is 12.0. The normalized spacial score (nSPS) is 23.8. The second-order valence-corrected chi connectivity index (χ2v) is 9.13. The summed E-state index contributed by atoms with van der Waals surface area (Å²) in [4.78, 5) is 24.4. The third kappa shape index (κ3) is 4.74. The van der Waals surface area contributed by atoms with Crippen molar-refractivity contribution in [2.75, 3.05) is 6.61 Å². The Balaban J connectivity index is 1.32. The lowest BCUT2D eigenvalue weighted by molar-refractivity contribution is 0.128. The number of rotatable bonds is 5. The van der Waals surface area contributed by atoms with Gasteiger partial charge in [-0.25, -0.2) is 14.2 Å². The van der Waals surface area contributed by atoms with Crippen LogP contribution in [0, 0.1) is 17.7 Å². The van der Waals surface area contributed by atoms with Crippen molar-refractivity contribution in [3.8, 4) is 11.1 Å². The number of alkyl carbamates (subject to hydrolysis) is 1. The number of nitrogens with one attached hydrogen (secondary N) is 2. The van der Waals surface area contributed by atoms with Crippen molar-refractivity contribution in [1.82, 2.24) is 20.3 Å². The lowest BCUT2D eigenvalue weighted by Gasteiger charge is -2.42. The van der Waals surface area contributed by atoms with Gasteiger partial charge in [0.1, 0.15) is 5.82 Å². The Kier molecular flexibility index (Phi) is 6.43. The summed E-state index contributed by atoms with van der Waals surface area (Å²) in [6.45, 7) is 2.20. The molecule has 7 heteroatoms. The molecule has 1 saturated carbocycles. The van der Waals surface area contributed by atoms with Gasteiger partial charge >= 0.3 is 6.09 Å². The zero-order chi connectivity index (χ0) is 23.5. The number of halogens is 1. The van der Waals surface area contributed by atoms with Crippen LogP contribution < -0.4 is 5.32 Å². The van der Waals surface area contributed by atoms with E-state index in [0.29, 0.717) is 18.4 Å². The maximum Gasteiger partial charge on any atom is 0.407 e. The first-order valence-corrected chi connectivity index (χ1v) is 12.0. The molecule has 2 aliphatic rings. The minimum absolute atomic E-state index is 0.141. The Labute approximate surface area is 198 Å². The highest BCUT2D eigenvalue weighted by molar-refractivity contribution is 5.67. The fourth-order valence-electron chi connectivity index (χ4n) is 5.50. The summed E-state index contributed by atoms with van der Waals surface area (Å²) >= 11 is 0. The van der Waals surface area contributed by atoms with E-state index in [4.69, 9.17) is 4.74 Å². The number of H-pyrrole nitrogens is 1. The number of hydrogen-bond donors (Lipinski definition) is 2. The van der Waals surface area contributed by atoms with Gasteiger partial charge in [0.2, 0.25) is 0 Å². The highest BCUT2D eigenvalue weighted by Gasteiger charge is 2.41. The van der Waals surface area contributed by atoms with Gasteiger partial charge < -0.3 is 15.0 Å². The smallest absolute Gasteiger partial charge is 0.407 e. The molecule has 1 fully saturated rings. The molecule has 4 atom stereocenters. The summed E-state index contributed by atoms with van der Waals surface area (Å²) in [6, 6.07) is 10.6. The van der Waals surface area contributed by atoms with Crippen LogP contribution in [0.1, 0.15) is 49.2 Å². The molecule has 1 aromatic carbocycles. The predicted molar refractivity (Wildman–Crippen MR) is 128 cm³/mol. The maximum absolute atomic E-state index is 13.5. The van der Waals surface area contributed by atoms with Crippen molar-refractivity contribution in [3.05, 3.63) is 77.9 Å². The van der Waals surface area contributed by atoms with E-state index in [0.717, 1.165) is 48.2 Å². The van der Waals surface area contributed by atoms with Crippen LogP contribution in [0.2, 0.25) is 0 Å². The summed E-state index contributed by atoms with van der Waals surface area (Å²) in [7, 11) is 0. The van der Waals surface area contributed by atoms with E-state index in [-0.39, 0.29) is 23.9 Å². The molecule has 176 valence electrons. The van der Waals surface area contributed by atoms with Crippen molar-refractivity contribution in [2.45, 2.75) is 44.6 Å². The van der Waals surface area contributed by atoms with Gasteiger partial charge in [0.05, 0.1) is 24.3 Å². The molecule has 6 nitrogen and oxygen atoms in total. The number of imidazole rings is 1. The molecule has 0 bridgehead atoms. The molecule has 0 radical (unpaired) electrons. The number of aromatic nitrogens is 3. The number of amides is 1. The fraction of sp³-hybridized carbons (Fsp3) is 0.370. The number of benzene rings is 1. The van der Waals surface area contributed by atoms with Gasteiger partial charge in [0, 0.05) is 29.4 Å². The number of carbonyl (C=O) groups is 1. The van der Waals surface area contributed by atoms with Crippen molar-refractivity contribution >= 4 is 12.2 Å². The molecule has 0 aliphatic heterocycles. The van der Waals surface area contributed by atoms with E-state index in [1.807, 2.05) is 25.1 Å². The Morgan fingerprint density at radius 3 is 2.94 bits per heavy atom. The minimum Gasteiger partial charge on any atom is -0.450 e. The molecule has 0 spiro atoms.